The molecule has 0 spiro atoms. The van der Waals surface area contributed by atoms with Gasteiger partial charge < -0.3 is 23.9 Å². The first kappa shape index (κ1) is 21.3. The van der Waals surface area contributed by atoms with Crippen LogP contribution in [0.25, 0.3) is 0 Å². The molecular formula is C19H22F2N4O5S. The molecule has 0 atom stereocenters. The minimum absolute atomic E-state index is 0.00830. The summed E-state index contributed by atoms with van der Waals surface area (Å²) in [6.07, 6.45) is 0.967. The molecule has 2 aromatic heterocycles. The number of anilines is 2. The van der Waals surface area contributed by atoms with E-state index in [9.17, 15) is 13.2 Å². The molecule has 0 saturated carbocycles. The quantitative estimate of drug-likeness (QED) is 0.645. The van der Waals surface area contributed by atoms with Crippen LogP contribution in [0.1, 0.15) is 12.7 Å². The maximum absolute atomic E-state index is 15.4. The number of fused-ring (bicyclic) bond motifs is 1. The van der Waals surface area contributed by atoms with E-state index in [1.807, 2.05) is 0 Å². The Morgan fingerprint density at radius 2 is 1.97 bits per heavy atom. The molecule has 4 rings (SSSR count). The highest BCUT2D eigenvalue weighted by Gasteiger charge is 2.38. The summed E-state index contributed by atoms with van der Waals surface area (Å²) >= 11 is 0. The summed E-state index contributed by atoms with van der Waals surface area (Å²) in [5.41, 5.74) is -0.381. The molecule has 0 unspecified atom stereocenters. The van der Waals surface area contributed by atoms with Gasteiger partial charge in [-0.25, -0.2) is 17.6 Å². The molecule has 9 nitrogen and oxygen atoms in total. The highest BCUT2D eigenvalue weighted by Crippen LogP contribution is 2.39. The minimum atomic E-state index is -4.04. The molecule has 0 bridgehead atoms. The Hall–Kier alpha value is -2.89. The lowest BCUT2D eigenvalue weighted by atomic mass is 10.2. The number of carbonyl (C=O) groups excluding carboxylic acids is 1. The van der Waals surface area contributed by atoms with Crippen molar-refractivity contribution >= 4 is 27.4 Å². The van der Waals surface area contributed by atoms with Crippen LogP contribution in [0.4, 0.5) is 25.1 Å². The molecule has 0 aromatic carbocycles. The van der Waals surface area contributed by atoms with Crippen molar-refractivity contribution in [2.75, 3.05) is 54.9 Å². The van der Waals surface area contributed by atoms with Gasteiger partial charge in [0.15, 0.2) is 21.5 Å². The summed E-state index contributed by atoms with van der Waals surface area (Å²) in [5.74, 6) is -2.37. The van der Waals surface area contributed by atoms with Gasteiger partial charge in [-0.15, -0.1) is 0 Å². The predicted octanol–water partition coefficient (Wildman–Crippen LogP) is 2.03. The summed E-state index contributed by atoms with van der Waals surface area (Å²) in [4.78, 5) is 19.3. The zero-order valence-corrected chi connectivity index (χ0v) is 17.7. The molecule has 1 amide bonds. The highest BCUT2D eigenvalue weighted by atomic mass is 32.2. The summed E-state index contributed by atoms with van der Waals surface area (Å²) < 4.78 is 66.1. The van der Waals surface area contributed by atoms with Crippen LogP contribution in [-0.2, 0) is 21.1 Å². The second kappa shape index (κ2) is 8.33. The highest BCUT2D eigenvalue weighted by molar-refractivity contribution is 7.91. The average Bonchev–Trinajstić information content (AvgIpc) is 3.25. The Balaban J connectivity index is 1.65. The summed E-state index contributed by atoms with van der Waals surface area (Å²) in [6.45, 7) is 2.77. The Labute approximate surface area is 178 Å². The molecule has 0 aliphatic carbocycles. The maximum atomic E-state index is 15.4. The molecule has 2 aliphatic rings. The van der Waals surface area contributed by atoms with Crippen molar-refractivity contribution in [3.05, 3.63) is 35.9 Å². The van der Waals surface area contributed by atoms with E-state index in [-0.39, 0.29) is 63.1 Å². The number of halogens is 2. The number of furan rings is 1. The minimum Gasteiger partial charge on any atom is -0.467 e. The van der Waals surface area contributed by atoms with Crippen LogP contribution in [-0.4, -0.2) is 69.5 Å². The van der Waals surface area contributed by atoms with Gasteiger partial charge in [0.1, 0.15) is 16.3 Å². The monoisotopic (exact) mass is 456 g/mol. The SMILES string of the molecule is CCOC(=O)N1CCN(c2nc(F)c3c(c2F)S(=O)(=O)CCN3Cc2ccco2)CC1. The van der Waals surface area contributed by atoms with Gasteiger partial charge in [0.2, 0.25) is 5.95 Å². The van der Waals surface area contributed by atoms with Crippen LogP contribution in [0.3, 0.4) is 0 Å². The first-order valence-electron chi connectivity index (χ1n) is 9.87. The van der Waals surface area contributed by atoms with E-state index in [0.29, 0.717) is 5.76 Å². The number of ether oxygens (including phenoxy) is 1. The number of carbonyl (C=O) groups is 1. The second-order valence-electron chi connectivity index (χ2n) is 7.21. The molecule has 12 heteroatoms. The predicted molar refractivity (Wildman–Crippen MR) is 107 cm³/mol. The van der Waals surface area contributed by atoms with Crippen LogP contribution < -0.4 is 9.80 Å². The Morgan fingerprint density at radius 3 is 2.61 bits per heavy atom. The molecule has 0 N–H and O–H groups in total. The van der Waals surface area contributed by atoms with E-state index in [0.717, 1.165) is 0 Å². The lowest BCUT2D eigenvalue weighted by molar-refractivity contribution is 0.105. The molecular weight excluding hydrogens is 434 g/mol. The van der Waals surface area contributed by atoms with E-state index in [2.05, 4.69) is 4.98 Å². The number of pyridine rings is 1. The molecule has 1 saturated heterocycles. The fraction of sp³-hybridized carbons (Fsp3) is 0.474. The van der Waals surface area contributed by atoms with Gasteiger partial charge in [0, 0.05) is 32.7 Å². The second-order valence-corrected chi connectivity index (χ2v) is 9.26. The molecule has 168 valence electrons. The number of aromatic nitrogens is 1. The maximum Gasteiger partial charge on any atom is 0.409 e. The van der Waals surface area contributed by atoms with Gasteiger partial charge in [-0.2, -0.15) is 9.37 Å². The molecule has 1 fully saturated rings. The number of rotatable bonds is 4. The van der Waals surface area contributed by atoms with Crippen LogP contribution >= 0.6 is 0 Å². The van der Waals surface area contributed by atoms with Gasteiger partial charge in [0.05, 0.1) is 25.2 Å². The number of amides is 1. The third-order valence-electron chi connectivity index (χ3n) is 5.30. The molecule has 2 aromatic rings. The average molecular weight is 456 g/mol. The number of hydrogen-bond acceptors (Lipinski definition) is 8. The van der Waals surface area contributed by atoms with Gasteiger partial charge in [-0.05, 0) is 19.1 Å². The lowest BCUT2D eigenvalue weighted by Crippen LogP contribution is -2.49. The zero-order valence-electron chi connectivity index (χ0n) is 16.9. The van der Waals surface area contributed by atoms with Gasteiger partial charge in [-0.1, -0.05) is 0 Å². The van der Waals surface area contributed by atoms with Gasteiger partial charge in [-0.3, -0.25) is 0 Å². The van der Waals surface area contributed by atoms with Gasteiger partial charge in [0.25, 0.3) is 0 Å². The number of nitrogens with zero attached hydrogens (tertiary/aromatic N) is 4. The standard InChI is InChI=1S/C19H22F2N4O5S/c1-2-29-19(26)24-7-5-23(6-8-24)18-14(20)16-15(17(21)22-18)25(9-11-31(16,27)28)12-13-4-3-10-30-13/h3-4,10H,2,5-9,11-12H2,1H3. The van der Waals surface area contributed by atoms with E-state index in [1.54, 1.807) is 19.1 Å². The van der Waals surface area contributed by atoms with Gasteiger partial charge >= 0.3 is 6.09 Å². The largest absolute Gasteiger partial charge is 0.467 e. The smallest absolute Gasteiger partial charge is 0.409 e. The molecule has 2 aliphatic heterocycles. The molecule has 31 heavy (non-hydrogen) atoms. The number of hydrogen-bond donors (Lipinski definition) is 0. The third-order valence-corrected chi connectivity index (χ3v) is 7.01. The van der Waals surface area contributed by atoms with Crippen molar-refractivity contribution in [1.82, 2.24) is 9.88 Å². The van der Waals surface area contributed by atoms with Crippen molar-refractivity contribution in [1.29, 1.82) is 0 Å². The lowest BCUT2D eigenvalue weighted by Gasteiger charge is -2.36. The summed E-state index contributed by atoms with van der Waals surface area (Å²) in [7, 11) is -4.04. The van der Waals surface area contributed by atoms with Crippen molar-refractivity contribution in [2.24, 2.45) is 0 Å². The van der Waals surface area contributed by atoms with Crippen LogP contribution in [0.5, 0.6) is 0 Å². The summed E-state index contributed by atoms with van der Waals surface area (Å²) in [5, 5.41) is 0. The number of piperazine rings is 1. The first-order chi connectivity index (χ1) is 14.8. The Morgan fingerprint density at radius 1 is 1.23 bits per heavy atom. The summed E-state index contributed by atoms with van der Waals surface area (Å²) in [6, 6.07) is 3.33. The van der Waals surface area contributed by atoms with Crippen molar-refractivity contribution < 1.29 is 31.1 Å². The Kier molecular flexibility index (Phi) is 5.73. The molecule has 4 heterocycles. The van der Waals surface area contributed by atoms with Crippen LogP contribution in [0.2, 0.25) is 0 Å². The van der Waals surface area contributed by atoms with E-state index < -0.39 is 32.6 Å². The molecule has 0 radical (unpaired) electrons. The van der Waals surface area contributed by atoms with Crippen molar-refractivity contribution in [3.8, 4) is 0 Å². The van der Waals surface area contributed by atoms with Crippen molar-refractivity contribution in [3.63, 3.8) is 0 Å². The number of sulfone groups is 1. The van der Waals surface area contributed by atoms with Crippen LogP contribution in [0, 0.1) is 11.8 Å². The van der Waals surface area contributed by atoms with E-state index in [4.69, 9.17) is 9.15 Å². The fourth-order valence-electron chi connectivity index (χ4n) is 3.77. The van der Waals surface area contributed by atoms with E-state index >= 15 is 8.78 Å². The zero-order chi connectivity index (χ0) is 22.2. The topological polar surface area (TPSA) is 96.2 Å². The normalized spacial score (nSPS) is 18.1. The third kappa shape index (κ3) is 4.03. The van der Waals surface area contributed by atoms with Crippen molar-refractivity contribution in [2.45, 2.75) is 18.4 Å². The Bertz CT molecular complexity index is 1070. The van der Waals surface area contributed by atoms with Crippen LogP contribution in [0.15, 0.2) is 27.7 Å². The fourth-order valence-corrected chi connectivity index (χ4v) is 5.31. The first-order valence-corrected chi connectivity index (χ1v) is 11.5. The van der Waals surface area contributed by atoms with E-state index in [1.165, 1.54) is 21.0 Å².